The zero-order chi connectivity index (χ0) is 7.40. The number of rotatable bonds is 1. The minimum absolute atomic E-state index is 0.237. The first-order valence-corrected chi connectivity index (χ1v) is 3.54. The quantitative estimate of drug-likeness (QED) is 0.539. The predicted molar refractivity (Wildman–Crippen MR) is 35.2 cm³/mol. The molecule has 0 bridgehead atoms. The van der Waals surface area contributed by atoms with Crippen molar-refractivity contribution in [1.82, 2.24) is 0 Å². The normalized spacial score (nSPS) is 29.0. The zero-order valence-corrected chi connectivity index (χ0v) is 5.79. The summed E-state index contributed by atoms with van der Waals surface area (Å²) in [6, 6.07) is 1.77. The molecule has 0 aromatic carbocycles. The van der Waals surface area contributed by atoms with E-state index in [4.69, 9.17) is 15.1 Å². The van der Waals surface area contributed by atoms with E-state index < -0.39 is 6.10 Å². The molecule has 1 fully saturated rings. The van der Waals surface area contributed by atoms with Gasteiger partial charge in [0.2, 0.25) is 0 Å². The number of nitrogens with zero attached hydrogens (tertiary/aromatic N) is 1. The molecule has 1 N–H and O–H groups in total. The molecule has 56 valence electrons. The van der Waals surface area contributed by atoms with Crippen molar-refractivity contribution >= 4 is 0 Å². The summed E-state index contributed by atoms with van der Waals surface area (Å²) in [6.45, 7) is 0.684. The molecule has 1 aliphatic heterocycles. The van der Waals surface area contributed by atoms with E-state index in [9.17, 15) is 0 Å². The Morgan fingerprint density at radius 1 is 1.60 bits per heavy atom. The summed E-state index contributed by atoms with van der Waals surface area (Å²) >= 11 is 0. The van der Waals surface area contributed by atoms with Gasteiger partial charge < -0.3 is 9.84 Å². The molecular weight excluding hydrogens is 130 g/mol. The molecule has 0 aromatic rings. The van der Waals surface area contributed by atoms with Crippen molar-refractivity contribution in [3.05, 3.63) is 0 Å². The molecule has 1 heterocycles. The van der Waals surface area contributed by atoms with Gasteiger partial charge in [0, 0.05) is 6.61 Å². The molecule has 0 saturated carbocycles. The van der Waals surface area contributed by atoms with E-state index in [1.807, 2.05) is 0 Å². The number of nitriles is 1. The van der Waals surface area contributed by atoms with Gasteiger partial charge in [-0.3, -0.25) is 0 Å². The van der Waals surface area contributed by atoms with Gasteiger partial charge >= 0.3 is 0 Å². The van der Waals surface area contributed by atoms with Crippen LogP contribution < -0.4 is 0 Å². The highest BCUT2D eigenvalue weighted by molar-refractivity contribution is 4.89. The second-order valence-corrected chi connectivity index (χ2v) is 2.48. The van der Waals surface area contributed by atoms with E-state index in [0.717, 1.165) is 19.3 Å². The lowest BCUT2D eigenvalue weighted by atomic mass is 10.1. The van der Waals surface area contributed by atoms with E-state index in [2.05, 4.69) is 0 Å². The van der Waals surface area contributed by atoms with E-state index in [1.54, 1.807) is 6.07 Å². The smallest absolute Gasteiger partial charge is 0.166 e. The maximum atomic E-state index is 9.00. The second kappa shape index (κ2) is 3.55. The monoisotopic (exact) mass is 141 g/mol. The summed E-state index contributed by atoms with van der Waals surface area (Å²) in [7, 11) is 0. The van der Waals surface area contributed by atoms with Crippen molar-refractivity contribution in [2.75, 3.05) is 6.61 Å². The molecule has 10 heavy (non-hydrogen) atoms. The molecule has 2 atom stereocenters. The van der Waals surface area contributed by atoms with Crippen LogP contribution in [0.2, 0.25) is 0 Å². The largest absolute Gasteiger partial charge is 0.375 e. The molecule has 0 spiro atoms. The van der Waals surface area contributed by atoms with Gasteiger partial charge in [-0.2, -0.15) is 5.26 Å². The molecule has 3 heteroatoms. The van der Waals surface area contributed by atoms with Gasteiger partial charge in [-0.1, -0.05) is 0 Å². The molecule has 0 aromatic heterocycles. The molecule has 1 rings (SSSR count). The van der Waals surface area contributed by atoms with Crippen molar-refractivity contribution in [3.63, 3.8) is 0 Å². The Morgan fingerprint density at radius 3 is 2.90 bits per heavy atom. The maximum Gasteiger partial charge on any atom is 0.166 e. The first-order chi connectivity index (χ1) is 4.84. The summed E-state index contributed by atoms with van der Waals surface area (Å²) in [6.07, 6.45) is 1.76. The molecule has 0 amide bonds. The van der Waals surface area contributed by atoms with Crippen molar-refractivity contribution in [3.8, 4) is 6.07 Å². The number of aliphatic hydroxyl groups excluding tert-OH is 1. The fraction of sp³-hybridized carbons (Fsp3) is 0.857. The first kappa shape index (κ1) is 7.52. The van der Waals surface area contributed by atoms with Crippen molar-refractivity contribution < 1.29 is 9.84 Å². The lowest BCUT2D eigenvalue weighted by Gasteiger charge is -2.22. The summed E-state index contributed by atoms with van der Waals surface area (Å²) < 4.78 is 5.16. The fourth-order valence-corrected chi connectivity index (χ4v) is 1.10. The van der Waals surface area contributed by atoms with Crippen molar-refractivity contribution in [1.29, 1.82) is 5.26 Å². The average Bonchev–Trinajstić information content (AvgIpc) is 2.05. The zero-order valence-electron chi connectivity index (χ0n) is 5.79. The van der Waals surface area contributed by atoms with Gasteiger partial charge in [-0.25, -0.2) is 0 Å². The number of ether oxygens (including phenoxy) is 1. The highest BCUT2D eigenvalue weighted by Gasteiger charge is 2.21. The van der Waals surface area contributed by atoms with Gasteiger partial charge in [0.1, 0.15) is 0 Å². The minimum atomic E-state index is -0.930. The number of hydrogen-bond acceptors (Lipinski definition) is 3. The van der Waals surface area contributed by atoms with E-state index >= 15 is 0 Å². The van der Waals surface area contributed by atoms with E-state index in [0.29, 0.717) is 6.61 Å². The Kier molecular flexibility index (Phi) is 2.67. The summed E-state index contributed by atoms with van der Waals surface area (Å²) in [5.74, 6) is 0. The average molecular weight is 141 g/mol. The third-order valence-corrected chi connectivity index (χ3v) is 1.70. The Bertz CT molecular complexity index is 135. The maximum absolute atomic E-state index is 9.00. The van der Waals surface area contributed by atoms with Gasteiger partial charge in [0.25, 0.3) is 0 Å². The van der Waals surface area contributed by atoms with Crippen LogP contribution in [0.3, 0.4) is 0 Å². The summed E-state index contributed by atoms with van der Waals surface area (Å²) in [4.78, 5) is 0. The van der Waals surface area contributed by atoms with E-state index in [1.165, 1.54) is 0 Å². The van der Waals surface area contributed by atoms with Gasteiger partial charge in [0.15, 0.2) is 6.10 Å². The second-order valence-electron chi connectivity index (χ2n) is 2.48. The summed E-state index contributed by atoms with van der Waals surface area (Å²) in [5.41, 5.74) is 0. The van der Waals surface area contributed by atoms with Crippen LogP contribution in [-0.2, 0) is 4.74 Å². The van der Waals surface area contributed by atoms with Crippen molar-refractivity contribution in [2.24, 2.45) is 0 Å². The third-order valence-electron chi connectivity index (χ3n) is 1.70. The van der Waals surface area contributed by atoms with Gasteiger partial charge in [-0.05, 0) is 19.3 Å². The lowest BCUT2D eigenvalue weighted by Crippen LogP contribution is -2.30. The topological polar surface area (TPSA) is 53.2 Å². The number of aliphatic hydroxyl groups is 1. The molecular formula is C7H11NO2. The van der Waals surface area contributed by atoms with Gasteiger partial charge in [0.05, 0.1) is 12.2 Å². The molecule has 0 radical (unpaired) electrons. The molecule has 1 saturated heterocycles. The van der Waals surface area contributed by atoms with Crippen LogP contribution in [0, 0.1) is 11.3 Å². The van der Waals surface area contributed by atoms with Crippen LogP contribution in [-0.4, -0.2) is 23.9 Å². The Morgan fingerprint density at radius 2 is 2.40 bits per heavy atom. The standard InChI is InChI=1S/C7H11NO2/c8-5-6(9)7-3-1-2-4-10-7/h6-7,9H,1-4H2/t6-,7-/m1/s1. The molecule has 1 aliphatic rings. The van der Waals surface area contributed by atoms with Crippen LogP contribution in [0.25, 0.3) is 0 Å². The highest BCUT2D eigenvalue weighted by Crippen LogP contribution is 2.14. The third kappa shape index (κ3) is 1.69. The Hall–Kier alpha value is -0.590. The predicted octanol–water partition coefficient (Wildman–Crippen LogP) is 0.440. The van der Waals surface area contributed by atoms with Crippen LogP contribution in [0.4, 0.5) is 0 Å². The van der Waals surface area contributed by atoms with Crippen LogP contribution in [0.1, 0.15) is 19.3 Å². The molecule has 0 aliphatic carbocycles. The van der Waals surface area contributed by atoms with E-state index in [-0.39, 0.29) is 6.10 Å². The van der Waals surface area contributed by atoms with Crippen molar-refractivity contribution in [2.45, 2.75) is 31.5 Å². The SMILES string of the molecule is N#C[C@@H](O)[C@H]1CCCCO1. The Labute approximate surface area is 60.2 Å². The van der Waals surface area contributed by atoms with Gasteiger partial charge in [-0.15, -0.1) is 0 Å². The summed E-state index contributed by atoms with van der Waals surface area (Å²) in [5, 5.41) is 17.3. The number of hydrogen-bond donors (Lipinski definition) is 1. The first-order valence-electron chi connectivity index (χ1n) is 3.54. The fourth-order valence-electron chi connectivity index (χ4n) is 1.10. The molecule has 0 unspecified atom stereocenters. The highest BCUT2D eigenvalue weighted by atomic mass is 16.5. The minimum Gasteiger partial charge on any atom is -0.375 e. The van der Waals surface area contributed by atoms with Crippen LogP contribution >= 0.6 is 0 Å². The molecule has 3 nitrogen and oxygen atoms in total. The lowest BCUT2D eigenvalue weighted by molar-refractivity contribution is -0.0414. The van der Waals surface area contributed by atoms with Crippen LogP contribution in [0.5, 0.6) is 0 Å². The Balaban J connectivity index is 2.33. The van der Waals surface area contributed by atoms with Crippen LogP contribution in [0.15, 0.2) is 0 Å².